The minimum atomic E-state index is 0.179. The highest BCUT2D eigenvalue weighted by Crippen LogP contribution is 2.28. The summed E-state index contributed by atoms with van der Waals surface area (Å²) in [5.74, 6) is 1.25. The van der Waals surface area contributed by atoms with Crippen molar-refractivity contribution in [3.63, 3.8) is 0 Å². The first-order valence-corrected chi connectivity index (χ1v) is 10.4. The van der Waals surface area contributed by atoms with E-state index in [0.717, 1.165) is 29.3 Å². The second-order valence-electron chi connectivity index (χ2n) is 7.02. The smallest absolute Gasteiger partial charge is 0.226 e. The van der Waals surface area contributed by atoms with Crippen LogP contribution in [0, 0.1) is 5.92 Å². The van der Waals surface area contributed by atoms with E-state index in [0.29, 0.717) is 18.2 Å². The molecule has 0 bridgehead atoms. The molecule has 4 nitrogen and oxygen atoms in total. The van der Waals surface area contributed by atoms with Gasteiger partial charge in [-0.2, -0.15) is 0 Å². The SMILES string of the molecule is CC(C)N(Cc1csc(COc2ccc(Cl)cc2)n1)C(=O)C1CCCC1. The summed E-state index contributed by atoms with van der Waals surface area (Å²) < 4.78 is 5.75. The van der Waals surface area contributed by atoms with Crippen molar-refractivity contribution < 1.29 is 9.53 Å². The Kier molecular flexibility index (Phi) is 6.54. The number of nitrogens with zero attached hydrogens (tertiary/aromatic N) is 2. The number of halogens is 1. The number of amides is 1. The first-order chi connectivity index (χ1) is 12.5. The minimum Gasteiger partial charge on any atom is -0.486 e. The van der Waals surface area contributed by atoms with Gasteiger partial charge >= 0.3 is 0 Å². The number of aromatic nitrogens is 1. The number of thiazole rings is 1. The Morgan fingerprint density at radius 1 is 1.31 bits per heavy atom. The van der Waals surface area contributed by atoms with E-state index in [2.05, 4.69) is 18.8 Å². The Balaban J connectivity index is 1.58. The van der Waals surface area contributed by atoms with Crippen LogP contribution >= 0.6 is 22.9 Å². The van der Waals surface area contributed by atoms with Crippen molar-refractivity contribution in [3.8, 4) is 5.75 Å². The van der Waals surface area contributed by atoms with Gasteiger partial charge in [-0.15, -0.1) is 11.3 Å². The third kappa shape index (κ3) is 4.98. The Morgan fingerprint density at radius 2 is 2.00 bits per heavy atom. The molecule has 3 rings (SSSR count). The van der Waals surface area contributed by atoms with E-state index in [1.807, 2.05) is 22.4 Å². The third-order valence-corrected chi connectivity index (χ3v) is 5.84. The van der Waals surface area contributed by atoms with Crippen molar-refractivity contribution in [1.82, 2.24) is 9.88 Å². The van der Waals surface area contributed by atoms with Gasteiger partial charge in [0.15, 0.2) is 0 Å². The molecule has 0 N–H and O–H groups in total. The molecule has 0 atom stereocenters. The summed E-state index contributed by atoms with van der Waals surface area (Å²) in [7, 11) is 0. The zero-order valence-electron chi connectivity index (χ0n) is 15.3. The molecule has 0 aliphatic heterocycles. The molecular weight excluding hydrogens is 368 g/mol. The molecule has 0 unspecified atom stereocenters. The Labute approximate surface area is 164 Å². The highest BCUT2D eigenvalue weighted by Gasteiger charge is 2.29. The van der Waals surface area contributed by atoms with Crippen LogP contribution in [0.3, 0.4) is 0 Å². The molecule has 0 saturated heterocycles. The zero-order chi connectivity index (χ0) is 18.5. The van der Waals surface area contributed by atoms with Crippen molar-refractivity contribution in [2.45, 2.75) is 58.7 Å². The summed E-state index contributed by atoms with van der Waals surface area (Å²) in [6, 6.07) is 7.48. The molecule has 1 fully saturated rings. The highest BCUT2D eigenvalue weighted by atomic mass is 35.5. The maximum Gasteiger partial charge on any atom is 0.226 e. The van der Waals surface area contributed by atoms with Crippen LogP contribution in [0.4, 0.5) is 0 Å². The van der Waals surface area contributed by atoms with Gasteiger partial charge in [0.05, 0.1) is 12.2 Å². The van der Waals surface area contributed by atoms with Crippen LogP contribution < -0.4 is 4.74 Å². The lowest BCUT2D eigenvalue weighted by atomic mass is 10.1. The normalized spacial score (nSPS) is 14.8. The van der Waals surface area contributed by atoms with E-state index in [1.54, 1.807) is 23.5 Å². The fourth-order valence-electron chi connectivity index (χ4n) is 3.26. The summed E-state index contributed by atoms with van der Waals surface area (Å²) in [6.07, 6.45) is 4.40. The van der Waals surface area contributed by atoms with Crippen molar-refractivity contribution in [2.24, 2.45) is 5.92 Å². The molecule has 140 valence electrons. The second-order valence-corrected chi connectivity index (χ2v) is 8.40. The van der Waals surface area contributed by atoms with Gasteiger partial charge in [-0.25, -0.2) is 4.98 Å². The van der Waals surface area contributed by atoms with Crippen molar-refractivity contribution in [3.05, 3.63) is 45.4 Å². The molecule has 1 saturated carbocycles. The summed E-state index contributed by atoms with van der Waals surface area (Å²) in [4.78, 5) is 19.4. The quantitative estimate of drug-likeness (QED) is 0.641. The molecule has 1 aromatic heterocycles. The molecule has 2 aromatic rings. The summed E-state index contributed by atoms with van der Waals surface area (Å²) >= 11 is 7.45. The number of ether oxygens (including phenoxy) is 1. The number of carbonyl (C=O) groups is 1. The molecule has 26 heavy (non-hydrogen) atoms. The van der Waals surface area contributed by atoms with Gasteiger partial charge in [-0.05, 0) is 51.0 Å². The molecule has 6 heteroatoms. The van der Waals surface area contributed by atoms with Gasteiger partial charge < -0.3 is 9.64 Å². The topological polar surface area (TPSA) is 42.4 Å². The average molecular weight is 393 g/mol. The first kappa shape index (κ1) is 19.2. The molecular formula is C20H25ClN2O2S. The van der Waals surface area contributed by atoms with Crippen molar-refractivity contribution in [1.29, 1.82) is 0 Å². The van der Waals surface area contributed by atoms with Crippen LogP contribution in [-0.4, -0.2) is 21.8 Å². The lowest BCUT2D eigenvalue weighted by Crippen LogP contribution is -2.39. The lowest BCUT2D eigenvalue weighted by Gasteiger charge is -2.28. The van der Waals surface area contributed by atoms with Gasteiger partial charge in [0, 0.05) is 22.4 Å². The molecule has 1 heterocycles. The standard InChI is InChI=1S/C20H25ClN2O2S/c1-14(2)23(20(24)15-5-3-4-6-15)11-17-13-26-19(22-17)12-25-18-9-7-16(21)8-10-18/h7-10,13-15H,3-6,11-12H2,1-2H3. The lowest BCUT2D eigenvalue weighted by molar-refractivity contribution is -0.137. The predicted molar refractivity (Wildman–Crippen MR) is 106 cm³/mol. The molecule has 1 aromatic carbocycles. The summed E-state index contributed by atoms with van der Waals surface area (Å²) in [5.41, 5.74) is 0.935. The molecule has 1 amide bonds. The zero-order valence-corrected chi connectivity index (χ0v) is 16.9. The van der Waals surface area contributed by atoms with Crippen LogP contribution in [0.15, 0.2) is 29.6 Å². The second kappa shape index (κ2) is 8.87. The molecule has 0 spiro atoms. The predicted octanol–water partition coefficient (Wildman–Crippen LogP) is 5.30. The molecule has 1 aliphatic carbocycles. The van der Waals surface area contributed by atoms with Gasteiger partial charge in [0.2, 0.25) is 5.91 Å². The maximum atomic E-state index is 12.8. The van der Waals surface area contributed by atoms with Crippen LogP contribution in [0.2, 0.25) is 5.02 Å². The molecule has 0 radical (unpaired) electrons. The number of rotatable bonds is 7. The summed E-state index contributed by atoms with van der Waals surface area (Å²) in [5, 5.41) is 3.62. The fourth-order valence-corrected chi connectivity index (χ4v) is 4.08. The van der Waals surface area contributed by atoms with E-state index in [-0.39, 0.29) is 17.9 Å². The van der Waals surface area contributed by atoms with Crippen LogP contribution in [0.5, 0.6) is 5.75 Å². The van der Waals surface area contributed by atoms with Gasteiger partial charge in [0.25, 0.3) is 0 Å². The Bertz CT molecular complexity index is 724. The first-order valence-electron chi connectivity index (χ1n) is 9.15. The van der Waals surface area contributed by atoms with Gasteiger partial charge in [-0.3, -0.25) is 4.79 Å². The van der Waals surface area contributed by atoms with Crippen LogP contribution in [0.25, 0.3) is 0 Å². The van der Waals surface area contributed by atoms with Crippen LogP contribution in [-0.2, 0) is 17.9 Å². The number of benzene rings is 1. The molecule has 1 aliphatic rings. The van der Waals surface area contributed by atoms with E-state index < -0.39 is 0 Å². The van der Waals surface area contributed by atoms with Crippen molar-refractivity contribution >= 4 is 28.8 Å². The van der Waals surface area contributed by atoms with Gasteiger partial charge in [0.1, 0.15) is 17.4 Å². The number of carbonyl (C=O) groups excluding carboxylic acids is 1. The minimum absolute atomic E-state index is 0.179. The summed E-state index contributed by atoms with van der Waals surface area (Å²) in [6.45, 7) is 5.14. The fraction of sp³-hybridized carbons (Fsp3) is 0.500. The van der Waals surface area contributed by atoms with Gasteiger partial charge in [-0.1, -0.05) is 24.4 Å². The average Bonchev–Trinajstić information content (AvgIpc) is 3.30. The van der Waals surface area contributed by atoms with E-state index in [1.165, 1.54) is 12.8 Å². The number of hydrogen-bond donors (Lipinski definition) is 0. The highest BCUT2D eigenvalue weighted by molar-refractivity contribution is 7.09. The third-order valence-electron chi connectivity index (χ3n) is 4.72. The van der Waals surface area contributed by atoms with Crippen molar-refractivity contribution in [2.75, 3.05) is 0 Å². The Hall–Kier alpha value is -1.59. The van der Waals surface area contributed by atoms with E-state index in [4.69, 9.17) is 16.3 Å². The Morgan fingerprint density at radius 3 is 2.65 bits per heavy atom. The van der Waals surface area contributed by atoms with E-state index in [9.17, 15) is 4.79 Å². The number of hydrogen-bond acceptors (Lipinski definition) is 4. The maximum absolute atomic E-state index is 12.8. The van der Waals surface area contributed by atoms with Crippen LogP contribution in [0.1, 0.15) is 50.2 Å². The van der Waals surface area contributed by atoms with E-state index >= 15 is 0 Å². The monoisotopic (exact) mass is 392 g/mol. The largest absolute Gasteiger partial charge is 0.486 e.